The van der Waals surface area contributed by atoms with E-state index in [1.54, 1.807) is 4.90 Å². The van der Waals surface area contributed by atoms with Crippen molar-refractivity contribution in [3.8, 4) is 0 Å². The van der Waals surface area contributed by atoms with E-state index >= 15 is 0 Å². The normalized spacial score (nSPS) is 21.0. The van der Waals surface area contributed by atoms with Crippen molar-refractivity contribution < 1.29 is 9.59 Å². The summed E-state index contributed by atoms with van der Waals surface area (Å²) < 4.78 is 0. The number of rotatable bonds is 6. The minimum Gasteiger partial charge on any atom is -0.352 e. The van der Waals surface area contributed by atoms with Crippen molar-refractivity contribution in [3.63, 3.8) is 0 Å². The van der Waals surface area contributed by atoms with Crippen LogP contribution >= 0.6 is 0 Å². The van der Waals surface area contributed by atoms with Crippen LogP contribution in [0.1, 0.15) is 50.5 Å². The summed E-state index contributed by atoms with van der Waals surface area (Å²) in [6.45, 7) is 1.50. The Hall–Kier alpha value is -1.88. The Kier molecular flexibility index (Phi) is 6.45. The van der Waals surface area contributed by atoms with Gasteiger partial charge in [-0.2, -0.15) is 0 Å². The highest BCUT2D eigenvalue weighted by molar-refractivity contribution is 5.87. The first-order valence-electron chi connectivity index (χ1n) is 9.58. The van der Waals surface area contributed by atoms with Gasteiger partial charge in [-0.05, 0) is 37.8 Å². The Bertz CT molecular complexity index is 564. The van der Waals surface area contributed by atoms with Crippen LogP contribution in [-0.4, -0.2) is 41.9 Å². The van der Waals surface area contributed by atoms with E-state index in [-0.39, 0.29) is 30.4 Å². The van der Waals surface area contributed by atoms with Crippen LogP contribution in [-0.2, 0) is 16.1 Å². The molecule has 5 heteroatoms. The average Bonchev–Trinajstić information content (AvgIpc) is 3.17. The Balaban J connectivity index is 1.62. The number of amides is 2. The largest absolute Gasteiger partial charge is 0.352 e. The van der Waals surface area contributed by atoms with Gasteiger partial charge in [0, 0.05) is 12.6 Å². The van der Waals surface area contributed by atoms with E-state index in [2.05, 4.69) is 10.6 Å². The first kappa shape index (κ1) is 17.9. The second-order valence-corrected chi connectivity index (χ2v) is 7.23. The quantitative estimate of drug-likeness (QED) is 0.832. The van der Waals surface area contributed by atoms with Gasteiger partial charge in [0.1, 0.15) is 0 Å². The molecule has 1 saturated heterocycles. The Labute approximate surface area is 150 Å². The number of carbonyl (C=O) groups excluding carboxylic acids is 2. The summed E-state index contributed by atoms with van der Waals surface area (Å²) in [7, 11) is 0. The SMILES string of the molecule is O=C(CN(Cc1ccccc1)C(=O)[C@@H]1CCCN1)NC1CCCCC1. The average molecular weight is 343 g/mol. The molecule has 2 aliphatic rings. The fourth-order valence-corrected chi connectivity index (χ4v) is 3.82. The first-order valence-corrected chi connectivity index (χ1v) is 9.58. The van der Waals surface area contributed by atoms with Gasteiger partial charge in [-0.25, -0.2) is 0 Å². The molecular weight excluding hydrogens is 314 g/mol. The third-order valence-electron chi connectivity index (χ3n) is 5.19. The van der Waals surface area contributed by atoms with Gasteiger partial charge in [0.05, 0.1) is 12.6 Å². The van der Waals surface area contributed by atoms with E-state index in [9.17, 15) is 9.59 Å². The number of nitrogens with zero attached hydrogens (tertiary/aromatic N) is 1. The minimum atomic E-state index is -0.147. The molecule has 0 bridgehead atoms. The van der Waals surface area contributed by atoms with Crippen LogP contribution in [0.15, 0.2) is 30.3 Å². The highest BCUT2D eigenvalue weighted by Gasteiger charge is 2.28. The number of hydrogen-bond donors (Lipinski definition) is 2. The van der Waals surface area contributed by atoms with Crippen LogP contribution in [0.2, 0.25) is 0 Å². The van der Waals surface area contributed by atoms with Crippen molar-refractivity contribution in [1.82, 2.24) is 15.5 Å². The molecule has 25 heavy (non-hydrogen) atoms. The molecule has 3 rings (SSSR count). The van der Waals surface area contributed by atoms with E-state index in [0.717, 1.165) is 37.8 Å². The third-order valence-corrected chi connectivity index (χ3v) is 5.19. The fraction of sp³-hybridized carbons (Fsp3) is 0.600. The topological polar surface area (TPSA) is 61.4 Å². The van der Waals surface area contributed by atoms with Crippen LogP contribution in [0.5, 0.6) is 0 Å². The fourth-order valence-electron chi connectivity index (χ4n) is 3.82. The van der Waals surface area contributed by atoms with Gasteiger partial charge in [0.15, 0.2) is 0 Å². The van der Waals surface area contributed by atoms with Gasteiger partial charge in [0.25, 0.3) is 0 Å². The third kappa shape index (κ3) is 5.30. The van der Waals surface area contributed by atoms with E-state index in [1.807, 2.05) is 30.3 Å². The molecule has 136 valence electrons. The Morgan fingerprint density at radius 1 is 1.04 bits per heavy atom. The minimum absolute atomic E-state index is 0.0332. The smallest absolute Gasteiger partial charge is 0.240 e. The van der Waals surface area contributed by atoms with Gasteiger partial charge in [-0.3, -0.25) is 9.59 Å². The van der Waals surface area contributed by atoms with Crippen LogP contribution in [0.25, 0.3) is 0 Å². The van der Waals surface area contributed by atoms with Crippen molar-refractivity contribution in [3.05, 3.63) is 35.9 Å². The maximum absolute atomic E-state index is 12.9. The predicted molar refractivity (Wildman–Crippen MR) is 97.9 cm³/mol. The van der Waals surface area contributed by atoms with Crippen LogP contribution in [0.3, 0.4) is 0 Å². The van der Waals surface area contributed by atoms with Gasteiger partial charge in [-0.1, -0.05) is 49.6 Å². The zero-order valence-electron chi connectivity index (χ0n) is 14.9. The van der Waals surface area contributed by atoms with Gasteiger partial charge in [0.2, 0.25) is 11.8 Å². The standard InChI is InChI=1S/C20H29N3O2/c24-19(22-17-10-5-2-6-11-17)15-23(14-16-8-3-1-4-9-16)20(25)18-12-7-13-21-18/h1,3-4,8-9,17-18,21H,2,5-7,10-15H2,(H,22,24)/t18-/m0/s1. The molecule has 0 radical (unpaired) electrons. The van der Waals surface area contributed by atoms with Gasteiger partial charge < -0.3 is 15.5 Å². The summed E-state index contributed by atoms with van der Waals surface area (Å²) in [5.74, 6) is 0.00863. The lowest BCUT2D eigenvalue weighted by Crippen LogP contribution is -2.49. The van der Waals surface area contributed by atoms with E-state index in [4.69, 9.17) is 0 Å². The van der Waals surface area contributed by atoms with E-state index < -0.39 is 0 Å². The van der Waals surface area contributed by atoms with Crippen molar-refractivity contribution in [1.29, 1.82) is 0 Å². The summed E-state index contributed by atoms with van der Waals surface area (Å²) in [5, 5.41) is 6.38. The lowest BCUT2D eigenvalue weighted by atomic mass is 9.95. The summed E-state index contributed by atoms with van der Waals surface area (Å²) in [6.07, 6.45) is 7.62. The number of benzene rings is 1. The first-order chi connectivity index (χ1) is 12.2. The predicted octanol–water partition coefficient (Wildman–Crippen LogP) is 2.22. The van der Waals surface area contributed by atoms with Gasteiger partial charge >= 0.3 is 0 Å². The van der Waals surface area contributed by atoms with Crippen molar-refractivity contribution in [2.75, 3.05) is 13.1 Å². The summed E-state index contributed by atoms with van der Waals surface area (Å²) in [5.41, 5.74) is 1.05. The molecule has 1 heterocycles. The van der Waals surface area contributed by atoms with Crippen LogP contribution < -0.4 is 10.6 Å². The summed E-state index contributed by atoms with van der Waals surface area (Å²) in [4.78, 5) is 27.1. The van der Waals surface area contributed by atoms with Crippen LogP contribution in [0.4, 0.5) is 0 Å². The van der Waals surface area contributed by atoms with Crippen LogP contribution in [0, 0.1) is 0 Å². The Morgan fingerprint density at radius 2 is 1.80 bits per heavy atom. The Morgan fingerprint density at radius 3 is 2.48 bits per heavy atom. The van der Waals surface area contributed by atoms with E-state index in [0.29, 0.717) is 6.54 Å². The zero-order valence-corrected chi connectivity index (χ0v) is 14.9. The maximum atomic E-state index is 12.9. The highest BCUT2D eigenvalue weighted by atomic mass is 16.2. The molecule has 1 saturated carbocycles. The molecule has 5 nitrogen and oxygen atoms in total. The zero-order chi connectivity index (χ0) is 17.5. The molecule has 2 fully saturated rings. The van der Waals surface area contributed by atoms with Crippen molar-refractivity contribution >= 4 is 11.8 Å². The molecule has 1 aliphatic carbocycles. The lowest BCUT2D eigenvalue weighted by Gasteiger charge is -2.28. The number of nitrogens with one attached hydrogen (secondary N) is 2. The summed E-state index contributed by atoms with van der Waals surface area (Å²) in [6, 6.07) is 10.0. The molecule has 2 N–H and O–H groups in total. The number of hydrogen-bond acceptors (Lipinski definition) is 3. The molecule has 0 spiro atoms. The van der Waals surface area contributed by atoms with Gasteiger partial charge in [-0.15, -0.1) is 0 Å². The number of carbonyl (C=O) groups is 2. The highest BCUT2D eigenvalue weighted by Crippen LogP contribution is 2.17. The maximum Gasteiger partial charge on any atom is 0.240 e. The lowest BCUT2D eigenvalue weighted by molar-refractivity contribution is -0.138. The van der Waals surface area contributed by atoms with Crippen molar-refractivity contribution in [2.24, 2.45) is 0 Å². The second-order valence-electron chi connectivity index (χ2n) is 7.23. The molecular formula is C20H29N3O2. The molecule has 1 aliphatic heterocycles. The molecule has 0 aromatic heterocycles. The molecule has 0 unspecified atom stereocenters. The molecule has 1 atom stereocenters. The summed E-state index contributed by atoms with van der Waals surface area (Å²) >= 11 is 0. The van der Waals surface area contributed by atoms with E-state index in [1.165, 1.54) is 19.3 Å². The molecule has 1 aromatic rings. The second kappa shape index (κ2) is 8.99. The molecule has 1 aromatic carbocycles. The molecule has 2 amide bonds. The monoisotopic (exact) mass is 343 g/mol. The van der Waals surface area contributed by atoms with Crippen molar-refractivity contribution in [2.45, 2.75) is 63.6 Å².